The van der Waals surface area contributed by atoms with Crippen molar-refractivity contribution in [2.24, 2.45) is 5.73 Å². The smallest absolute Gasteiger partial charge is 0.124 e. The molecule has 0 spiro atoms. The molecule has 0 aliphatic heterocycles. The number of unbranched alkanes of at least 4 members (excludes halogenated alkanes) is 1. The van der Waals surface area contributed by atoms with Crippen molar-refractivity contribution in [1.29, 1.82) is 0 Å². The first-order valence-corrected chi connectivity index (χ1v) is 7.82. The van der Waals surface area contributed by atoms with Crippen LogP contribution in [0.4, 0.5) is 0 Å². The van der Waals surface area contributed by atoms with Gasteiger partial charge in [-0.2, -0.15) is 0 Å². The Kier molecular flexibility index (Phi) is 5.82. The molecule has 2 heteroatoms. The molecule has 0 aromatic heterocycles. The van der Waals surface area contributed by atoms with E-state index < -0.39 is 0 Å². The van der Waals surface area contributed by atoms with Gasteiger partial charge in [-0.1, -0.05) is 55.8 Å². The molecule has 0 aliphatic rings. The van der Waals surface area contributed by atoms with Crippen LogP contribution < -0.4 is 10.5 Å². The third-order valence-corrected chi connectivity index (χ3v) is 3.71. The second-order valence-electron chi connectivity index (χ2n) is 5.29. The van der Waals surface area contributed by atoms with Gasteiger partial charge in [-0.3, -0.25) is 0 Å². The van der Waals surface area contributed by atoms with E-state index in [-0.39, 0.29) is 6.04 Å². The summed E-state index contributed by atoms with van der Waals surface area (Å²) in [6, 6.07) is 16.5. The maximum absolute atomic E-state index is 6.42. The van der Waals surface area contributed by atoms with E-state index in [1.54, 1.807) is 0 Å². The molecule has 0 amide bonds. The molecule has 1 atom stereocenters. The van der Waals surface area contributed by atoms with Gasteiger partial charge in [0.1, 0.15) is 5.75 Å². The zero-order valence-electron chi connectivity index (χ0n) is 13.0. The molecule has 0 heterocycles. The van der Waals surface area contributed by atoms with E-state index in [4.69, 9.17) is 10.5 Å². The van der Waals surface area contributed by atoms with Crippen LogP contribution in [0.5, 0.6) is 5.75 Å². The van der Waals surface area contributed by atoms with E-state index in [1.165, 1.54) is 18.4 Å². The Morgan fingerprint density at radius 3 is 2.38 bits per heavy atom. The molecule has 2 rings (SSSR count). The molecule has 2 aromatic rings. The van der Waals surface area contributed by atoms with Crippen LogP contribution in [0.1, 0.15) is 49.4 Å². The van der Waals surface area contributed by atoms with Gasteiger partial charge in [0.2, 0.25) is 0 Å². The summed E-state index contributed by atoms with van der Waals surface area (Å²) in [6.07, 6.45) is 3.60. The summed E-state index contributed by atoms with van der Waals surface area (Å²) in [7, 11) is 0. The highest BCUT2D eigenvalue weighted by Crippen LogP contribution is 2.28. The highest BCUT2D eigenvalue weighted by Gasteiger charge is 2.13. The van der Waals surface area contributed by atoms with Crippen LogP contribution in [-0.4, -0.2) is 6.61 Å². The molecule has 2 nitrogen and oxygen atoms in total. The molecule has 0 radical (unpaired) electrons. The summed E-state index contributed by atoms with van der Waals surface area (Å²) in [5.41, 5.74) is 9.97. The molecule has 0 aliphatic carbocycles. The lowest BCUT2D eigenvalue weighted by Gasteiger charge is -2.17. The lowest BCUT2D eigenvalue weighted by atomic mass is 9.97. The van der Waals surface area contributed by atoms with Gasteiger partial charge in [-0.05, 0) is 37.0 Å². The van der Waals surface area contributed by atoms with E-state index >= 15 is 0 Å². The van der Waals surface area contributed by atoms with Crippen LogP contribution >= 0.6 is 0 Å². The Morgan fingerprint density at radius 2 is 1.71 bits per heavy atom. The minimum Gasteiger partial charge on any atom is -0.494 e. The SMILES string of the molecule is CCCCc1ccc(C(N)c2ccccc2OCC)cc1. The van der Waals surface area contributed by atoms with Gasteiger partial charge in [0.25, 0.3) is 0 Å². The second-order valence-corrected chi connectivity index (χ2v) is 5.29. The van der Waals surface area contributed by atoms with Crippen molar-refractivity contribution in [2.45, 2.75) is 39.2 Å². The maximum Gasteiger partial charge on any atom is 0.124 e. The standard InChI is InChI=1S/C19H25NO/c1-3-5-8-15-11-13-16(14-12-15)19(20)17-9-6-7-10-18(17)21-4-2/h6-7,9-14,19H,3-5,8,20H2,1-2H3. The van der Waals surface area contributed by atoms with Crippen molar-refractivity contribution in [3.63, 3.8) is 0 Å². The predicted molar refractivity (Wildman–Crippen MR) is 88.7 cm³/mol. The molecule has 1 unspecified atom stereocenters. The lowest BCUT2D eigenvalue weighted by Crippen LogP contribution is -2.13. The summed E-state index contributed by atoms with van der Waals surface area (Å²) in [5.74, 6) is 0.877. The lowest BCUT2D eigenvalue weighted by molar-refractivity contribution is 0.335. The van der Waals surface area contributed by atoms with Crippen molar-refractivity contribution in [3.05, 3.63) is 65.2 Å². The van der Waals surface area contributed by atoms with Crippen LogP contribution in [0.15, 0.2) is 48.5 Å². The summed E-state index contributed by atoms with van der Waals surface area (Å²) in [5, 5.41) is 0. The average Bonchev–Trinajstić information content (AvgIpc) is 2.53. The van der Waals surface area contributed by atoms with Crippen LogP contribution in [0.2, 0.25) is 0 Å². The Morgan fingerprint density at radius 1 is 1.00 bits per heavy atom. The van der Waals surface area contributed by atoms with Crippen LogP contribution in [-0.2, 0) is 6.42 Å². The Hall–Kier alpha value is -1.80. The predicted octanol–water partition coefficient (Wildman–Crippen LogP) is 4.48. The van der Waals surface area contributed by atoms with Gasteiger partial charge in [0, 0.05) is 5.56 Å². The van der Waals surface area contributed by atoms with Crippen LogP contribution in [0.25, 0.3) is 0 Å². The van der Waals surface area contributed by atoms with E-state index in [0.717, 1.165) is 23.3 Å². The van der Waals surface area contributed by atoms with Gasteiger partial charge in [-0.25, -0.2) is 0 Å². The van der Waals surface area contributed by atoms with E-state index in [1.807, 2.05) is 31.2 Å². The summed E-state index contributed by atoms with van der Waals surface area (Å²) < 4.78 is 5.68. The molecular formula is C19H25NO. The molecule has 0 saturated carbocycles. The third kappa shape index (κ3) is 4.08. The van der Waals surface area contributed by atoms with Crippen molar-refractivity contribution in [3.8, 4) is 5.75 Å². The van der Waals surface area contributed by atoms with Gasteiger partial charge in [0.05, 0.1) is 12.6 Å². The van der Waals surface area contributed by atoms with E-state index in [2.05, 4.69) is 31.2 Å². The fourth-order valence-corrected chi connectivity index (χ4v) is 2.48. The van der Waals surface area contributed by atoms with Crippen molar-refractivity contribution < 1.29 is 4.74 Å². The highest BCUT2D eigenvalue weighted by molar-refractivity contribution is 5.41. The minimum atomic E-state index is -0.145. The van der Waals surface area contributed by atoms with Gasteiger partial charge in [0.15, 0.2) is 0 Å². The first kappa shape index (κ1) is 15.6. The zero-order chi connectivity index (χ0) is 15.1. The first-order chi connectivity index (χ1) is 10.3. The number of benzene rings is 2. The fourth-order valence-electron chi connectivity index (χ4n) is 2.48. The topological polar surface area (TPSA) is 35.2 Å². The number of rotatable bonds is 7. The fraction of sp³-hybridized carbons (Fsp3) is 0.368. The van der Waals surface area contributed by atoms with Gasteiger partial charge >= 0.3 is 0 Å². The average molecular weight is 283 g/mol. The maximum atomic E-state index is 6.42. The Labute approximate surface area is 127 Å². The number of para-hydroxylation sites is 1. The zero-order valence-corrected chi connectivity index (χ0v) is 13.0. The van der Waals surface area contributed by atoms with E-state index in [0.29, 0.717) is 6.61 Å². The van der Waals surface area contributed by atoms with Crippen molar-refractivity contribution >= 4 is 0 Å². The van der Waals surface area contributed by atoms with Gasteiger partial charge < -0.3 is 10.5 Å². The number of nitrogens with two attached hydrogens (primary N) is 1. The molecule has 2 aromatic carbocycles. The van der Waals surface area contributed by atoms with Crippen molar-refractivity contribution in [2.75, 3.05) is 6.61 Å². The largest absolute Gasteiger partial charge is 0.494 e. The number of ether oxygens (including phenoxy) is 1. The molecule has 21 heavy (non-hydrogen) atoms. The summed E-state index contributed by atoms with van der Waals surface area (Å²) >= 11 is 0. The molecule has 0 saturated heterocycles. The molecule has 112 valence electrons. The second kappa shape index (κ2) is 7.84. The van der Waals surface area contributed by atoms with Crippen LogP contribution in [0.3, 0.4) is 0 Å². The van der Waals surface area contributed by atoms with Gasteiger partial charge in [-0.15, -0.1) is 0 Å². The Balaban J connectivity index is 2.17. The summed E-state index contributed by atoms with van der Waals surface area (Å²) in [6.45, 7) is 4.86. The highest BCUT2D eigenvalue weighted by atomic mass is 16.5. The Bertz CT molecular complexity index is 548. The van der Waals surface area contributed by atoms with Crippen molar-refractivity contribution in [1.82, 2.24) is 0 Å². The van der Waals surface area contributed by atoms with E-state index in [9.17, 15) is 0 Å². The number of hydrogen-bond acceptors (Lipinski definition) is 2. The third-order valence-electron chi connectivity index (χ3n) is 3.71. The number of aryl methyl sites for hydroxylation is 1. The normalized spacial score (nSPS) is 12.1. The first-order valence-electron chi connectivity index (χ1n) is 7.82. The molecule has 0 bridgehead atoms. The molecule has 0 fully saturated rings. The molecular weight excluding hydrogens is 258 g/mol. The monoisotopic (exact) mass is 283 g/mol. The summed E-state index contributed by atoms with van der Waals surface area (Å²) in [4.78, 5) is 0. The quantitative estimate of drug-likeness (QED) is 0.813. The number of hydrogen-bond donors (Lipinski definition) is 1. The minimum absolute atomic E-state index is 0.145. The molecule has 2 N–H and O–H groups in total. The van der Waals surface area contributed by atoms with Crippen LogP contribution in [0, 0.1) is 0 Å².